The van der Waals surface area contributed by atoms with Gasteiger partial charge in [0.05, 0.1) is 5.69 Å². The molecule has 0 fully saturated rings. The second-order valence-corrected chi connectivity index (χ2v) is 6.53. The van der Waals surface area contributed by atoms with Gasteiger partial charge in [0.1, 0.15) is 5.76 Å². The molecule has 26 heavy (non-hydrogen) atoms. The predicted octanol–water partition coefficient (Wildman–Crippen LogP) is 4.48. The van der Waals surface area contributed by atoms with E-state index in [9.17, 15) is 4.79 Å². The van der Waals surface area contributed by atoms with Crippen molar-refractivity contribution in [3.8, 4) is 11.5 Å². The van der Waals surface area contributed by atoms with Crippen LogP contribution in [0.15, 0.2) is 52.9 Å². The highest BCUT2D eigenvalue weighted by Crippen LogP contribution is 2.22. The van der Waals surface area contributed by atoms with Gasteiger partial charge in [0.15, 0.2) is 0 Å². The van der Waals surface area contributed by atoms with Gasteiger partial charge in [-0.05, 0) is 54.8 Å². The van der Waals surface area contributed by atoms with E-state index in [0.29, 0.717) is 29.7 Å². The summed E-state index contributed by atoms with van der Waals surface area (Å²) in [5.74, 6) is 1.54. The standard InChI is InChI=1S/C21H23N3O2/c1-13(2)15-8-10-18(11-9-15)23-20(25)16-4-6-17(7-5-16)21-24-19(12-22)14(3)26-21/h4-11,13H,12,22H2,1-3H3,(H,23,25). The number of aromatic nitrogens is 1. The van der Waals surface area contributed by atoms with Crippen LogP contribution in [-0.2, 0) is 6.54 Å². The maximum absolute atomic E-state index is 12.4. The normalized spacial score (nSPS) is 11.0. The predicted molar refractivity (Wildman–Crippen MR) is 103 cm³/mol. The SMILES string of the molecule is Cc1oc(-c2ccc(C(=O)Nc3ccc(C(C)C)cc3)cc2)nc1CN. The van der Waals surface area contributed by atoms with E-state index in [4.69, 9.17) is 10.2 Å². The number of carbonyl (C=O) groups excluding carboxylic acids is 1. The van der Waals surface area contributed by atoms with Gasteiger partial charge in [-0.1, -0.05) is 26.0 Å². The number of oxazole rings is 1. The van der Waals surface area contributed by atoms with Crippen LogP contribution in [-0.4, -0.2) is 10.9 Å². The van der Waals surface area contributed by atoms with E-state index in [0.717, 1.165) is 16.9 Å². The van der Waals surface area contributed by atoms with Gasteiger partial charge < -0.3 is 15.5 Å². The summed E-state index contributed by atoms with van der Waals surface area (Å²) in [7, 11) is 0. The van der Waals surface area contributed by atoms with E-state index >= 15 is 0 Å². The Labute approximate surface area is 153 Å². The largest absolute Gasteiger partial charge is 0.441 e. The van der Waals surface area contributed by atoms with E-state index in [1.165, 1.54) is 5.56 Å². The van der Waals surface area contributed by atoms with E-state index in [1.807, 2.05) is 43.3 Å². The zero-order valence-corrected chi connectivity index (χ0v) is 15.2. The number of hydrogen-bond donors (Lipinski definition) is 2. The first kappa shape index (κ1) is 17.9. The number of nitrogens with one attached hydrogen (secondary N) is 1. The number of carbonyl (C=O) groups is 1. The first-order valence-electron chi connectivity index (χ1n) is 8.66. The fourth-order valence-corrected chi connectivity index (χ4v) is 2.66. The van der Waals surface area contributed by atoms with Crippen LogP contribution in [0.4, 0.5) is 5.69 Å². The molecule has 1 amide bonds. The second-order valence-electron chi connectivity index (χ2n) is 6.53. The number of nitrogens with two attached hydrogens (primary N) is 1. The van der Waals surface area contributed by atoms with E-state index in [1.54, 1.807) is 12.1 Å². The Hall–Kier alpha value is -2.92. The Morgan fingerprint density at radius 2 is 1.77 bits per heavy atom. The van der Waals surface area contributed by atoms with Crippen molar-refractivity contribution in [2.75, 3.05) is 5.32 Å². The highest BCUT2D eigenvalue weighted by atomic mass is 16.4. The number of hydrogen-bond acceptors (Lipinski definition) is 4. The maximum atomic E-state index is 12.4. The molecule has 0 atom stereocenters. The minimum atomic E-state index is -0.153. The van der Waals surface area contributed by atoms with Crippen molar-refractivity contribution in [1.29, 1.82) is 0 Å². The summed E-state index contributed by atoms with van der Waals surface area (Å²) in [6.45, 7) is 6.46. The summed E-state index contributed by atoms with van der Waals surface area (Å²) in [4.78, 5) is 16.8. The third-order valence-corrected chi connectivity index (χ3v) is 4.32. The lowest BCUT2D eigenvalue weighted by atomic mass is 10.0. The van der Waals surface area contributed by atoms with Crippen LogP contribution >= 0.6 is 0 Å². The molecule has 0 saturated carbocycles. The van der Waals surface area contributed by atoms with Crippen LogP contribution in [0.2, 0.25) is 0 Å². The zero-order chi connectivity index (χ0) is 18.7. The number of amides is 1. The molecule has 5 nitrogen and oxygen atoms in total. The summed E-state index contributed by atoms with van der Waals surface area (Å²) < 4.78 is 5.63. The van der Waals surface area contributed by atoms with Crippen LogP contribution in [0.3, 0.4) is 0 Å². The molecule has 3 rings (SSSR count). The molecular formula is C21H23N3O2. The Balaban J connectivity index is 1.72. The van der Waals surface area contributed by atoms with Crippen molar-refractivity contribution in [1.82, 2.24) is 4.98 Å². The van der Waals surface area contributed by atoms with Crippen LogP contribution in [0, 0.1) is 6.92 Å². The summed E-state index contributed by atoms with van der Waals surface area (Å²) in [6.07, 6.45) is 0. The molecule has 134 valence electrons. The molecule has 1 aromatic heterocycles. The number of rotatable bonds is 5. The quantitative estimate of drug-likeness (QED) is 0.711. The fourth-order valence-electron chi connectivity index (χ4n) is 2.66. The Morgan fingerprint density at radius 1 is 1.12 bits per heavy atom. The minimum absolute atomic E-state index is 0.153. The minimum Gasteiger partial charge on any atom is -0.441 e. The zero-order valence-electron chi connectivity index (χ0n) is 15.2. The highest BCUT2D eigenvalue weighted by molar-refractivity contribution is 6.04. The number of anilines is 1. The lowest BCUT2D eigenvalue weighted by Gasteiger charge is -2.08. The molecule has 0 unspecified atom stereocenters. The lowest BCUT2D eigenvalue weighted by molar-refractivity contribution is 0.102. The molecule has 0 aliphatic carbocycles. The molecule has 0 saturated heterocycles. The van der Waals surface area contributed by atoms with Gasteiger partial charge in [0.25, 0.3) is 5.91 Å². The average Bonchev–Trinajstić information content (AvgIpc) is 3.03. The maximum Gasteiger partial charge on any atom is 0.255 e. The van der Waals surface area contributed by atoms with Crippen molar-refractivity contribution < 1.29 is 9.21 Å². The Bertz CT molecular complexity index is 894. The third kappa shape index (κ3) is 3.83. The van der Waals surface area contributed by atoms with Crippen molar-refractivity contribution in [2.24, 2.45) is 5.73 Å². The molecule has 2 aromatic carbocycles. The molecule has 0 spiro atoms. The molecule has 3 N–H and O–H groups in total. The van der Waals surface area contributed by atoms with Crippen molar-refractivity contribution in [2.45, 2.75) is 33.2 Å². The molecule has 5 heteroatoms. The molecule has 0 aliphatic rings. The van der Waals surface area contributed by atoms with Crippen molar-refractivity contribution in [3.63, 3.8) is 0 Å². The summed E-state index contributed by atoms with van der Waals surface area (Å²) in [5.41, 5.74) is 9.77. The van der Waals surface area contributed by atoms with Crippen molar-refractivity contribution in [3.05, 3.63) is 71.1 Å². The monoisotopic (exact) mass is 349 g/mol. The van der Waals surface area contributed by atoms with Gasteiger partial charge in [0, 0.05) is 23.4 Å². The van der Waals surface area contributed by atoms with Gasteiger partial charge in [-0.15, -0.1) is 0 Å². The van der Waals surface area contributed by atoms with Gasteiger partial charge in [-0.3, -0.25) is 4.79 Å². The van der Waals surface area contributed by atoms with Gasteiger partial charge in [0.2, 0.25) is 5.89 Å². The third-order valence-electron chi connectivity index (χ3n) is 4.32. The van der Waals surface area contributed by atoms with E-state index in [2.05, 4.69) is 24.1 Å². The molecule has 3 aromatic rings. The van der Waals surface area contributed by atoms with Gasteiger partial charge in [-0.2, -0.15) is 0 Å². The first-order valence-corrected chi connectivity index (χ1v) is 8.66. The van der Waals surface area contributed by atoms with E-state index in [-0.39, 0.29) is 5.91 Å². The fraction of sp³-hybridized carbons (Fsp3) is 0.238. The average molecular weight is 349 g/mol. The highest BCUT2D eigenvalue weighted by Gasteiger charge is 2.12. The lowest BCUT2D eigenvalue weighted by Crippen LogP contribution is -2.11. The van der Waals surface area contributed by atoms with Crippen LogP contribution in [0.25, 0.3) is 11.5 Å². The van der Waals surface area contributed by atoms with Crippen LogP contribution < -0.4 is 11.1 Å². The molecule has 0 bridgehead atoms. The number of nitrogens with zero attached hydrogens (tertiary/aromatic N) is 1. The molecular weight excluding hydrogens is 326 g/mol. The van der Waals surface area contributed by atoms with Crippen LogP contribution in [0.5, 0.6) is 0 Å². The second kappa shape index (κ2) is 7.54. The molecule has 0 radical (unpaired) electrons. The van der Waals surface area contributed by atoms with Crippen LogP contribution in [0.1, 0.15) is 47.1 Å². The summed E-state index contributed by atoms with van der Waals surface area (Å²) in [5, 5.41) is 2.91. The summed E-state index contributed by atoms with van der Waals surface area (Å²) >= 11 is 0. The number of benzene rings is 2. The molecule has 0 aliphatic heterocycles. The number of aryl methyl sites for hydroxylation is 1. The first-order chi connectivity index (χ1) is 12.5. The van der Waals surface area contributed by atoms with E-state index < -0.39 is 0 Å². The van der Waals surface area contributed by atoms with Gasteiger partial charge >= 0.3 is 0 Å². The van der Waals surface area contributed by atoms with Crippen molar-refractivity contribution >= 4 is 11.6 Å². The smallest absolute Gasteiger partial charge is 0.255 e. The Morgan fingerprint density at radius 3 is 2.31 bits per heavy atom. The Kier molecular flexibility index (Phi) is 5.19. The molecule has 1 heterocycles. The topological polar surface area (TPSA) is 81.2 Å². The summed E-state index contributed by atoms with van der Waals surface area (Å²) in [6, 6.07) is 15.1. The van der Waals surface area contributed by atoms with Gasteiger partial charge in [-0.25, -0.2) is 4.98 Å².